The van der Waals surface area contributed by atoms with E-state index >= 15 is 0 Å². The number of phenols is 1. The van der Waals surface area contributed by atoms with Crippen LogP contribution in [0.25, 0.3) is 0 Å². The third kappa shape index (κ3) is 3.61. The van der Waals surface area contributed by atoms with Gasteiger partial charge in [0, 0.05) is 29.3 Å². The predicted octanol–water partition coefficient (Wildman–Crippen LogP) is 3.97. The minimum Gasteiger partial charge on any atom is -0.503 e. The summed E-state index contributed by atoms with van der Waals surface area (Å²) in [5, 5.41) is 13.4. The lowest BCUT2D eigenvalue weighted by Gasteiger charge is -2.34. The Balaban J connectivity index is 2.22. The maximum Gasteiger partial charge on any atom is 0.337 e. The molecule has 0 saturated heterocycles. The molecule has 28 heavy (non-hydrogen) atoms. The highest BCUT2D eigenvalue weighted by Crippen LogP contribution is 2.46. The second kappa shape index (κ2) is 7.87. The van der Waals surface area contributed by atoms with Gasteiger partial charge >= 0.3 is 5.97 Å². The van der Waals surface area contributed by atoms with Crippen LogP contribution in [0.3, 0.4) is 0 Å². The smallest absolute Gasteiger partial charge is 0.337 e. The Bertz CT molecular complexity index is 900. The van der Waals surface area contributed by atoms with Crippen molar-refractivity contribution in [1.82, 2.24) is 5.32 Å². The SMILES string of the molecule is COc1cc([C@H]2C(C(=O)OC(C)C)=C(C)NC3=C2C(=O)CCC3)cc(Cl)c1O. The van der Waals surface area contributed by atoms with Crippen LogP contribution in [0.4, 0.5) is 0 Å². The van der Waals surface area contributed by atoms with Crippen LogP contribution in [0.15, 0.2) is 34.7 Å². The largest absolute Gasteiger partial charge is 0.503 e. The highest BCUT2D eigenvalue weighted by atomic mass is 35.5. The molecule has 0 unspecified atom stereocenters. The van der Waals surface area contributed by atoms with Gasteiger partial charge in [0.2, 0.25) is 0 Å². The molecule has 1 heterocycles. The van der Waals surface area contributed by atoms with Crippen LogP contribution in [-0.2, 0) is 14.3 Å². The summed E-state index contributed by atoms with van der Waals surface area (Å²) in [5.74, 6) is -1.14. The van der Waals surface area contributed by atoms with Crippen LogP contribution in [0, 0.1) is 0 Å². The number of phenolic OH excluding ortho intramolecular Hbond substituents is 1. The van der Waals surface area contributed by atoms with Crippen LogP contribution in [0.2, 0.25) is 5.02 Å². The van der Waals surface area contributed by atoms with E-state index in [0.717, 1.165) is 18.5 Å². The van der Waals surface area contributed by atoms with Crippen LogP contribution in [0.5, 0.6) is 11.5 Å². The van der Waals surface area contributed by atoms with Gasteiger partial charge in [-0.25, -0.2) is 4.79 Å². The molecule has 7 heteroatoms. The average molecular weight is 406 g/mol. The minimum absolute atomic E-state index is 0.00994. The van der Waals surface area contributed by atoms with E-state index < -0.39 is 11.9 Å². The van der Waals surface area contributed by atoms with Gasteiger partial charge in [0.05, 0.1) is 23.8 Å². The number of carbonyl (C=O) groups excluding carboxylic acids is 2. The van der Waals surface area contributed by atoms with Gasteiger partial charge in [0.15, 0.2) is 17.3 Å². The Kier molecular flexibility index (Phi) is 5.70. The molecule has 0 aromatic heterocycles. The average Bonchev–Trinajstić information content (AvgIpc) is 2.62. The summed E-state index contributed by atoms with van der Waals surface area (Å²) < 4.78 is 10.7. The molecule has 1 aromatic rings. The fraction of sp³-hybridized carbons (Fsp3) is 0.429. The Morgan fingerprint density at radius 3 is 2.68 bits per heavy atom. The number of nitrogens with one attached hydrogen (secondary N) is 1. The number of halogens is 1. The van der Waals surface area contributed by atoms with Crippen molar-refractivity contribution in [3.05, 3.63) is 45.3 Å². The maximum absolute atomic E-state index is 12.9. The molecular formula is C21H24ClNO5. The third-order valence-corrected chi connectivity index (χ3v) is 5.23. The highest BCUT2D eigenvalue weighted by molar-refractivity contribution is 6.32. The number of carbonyl (C=O) groups is 2. The van der Waals surface area contributed by atoms with Crippen molar-refractivity contribution in [2.24, 2.45) is 0 Å². The second-order valence-corrected chi connectivity index (χ2v) is 7.68. The highest BCUT2D eigenvalue weighted by Gasteiger charge is 2.39. The number of methoxy groups -OCH3 is 1. The van der Waals surface area contributed by atoms with Gasteiger partial charge < -0.3 is 19.9 Å². The van der Waals surface area contributed by atoms with E-state index in [1.54, 1.807) is 32.9 Å². The molecule has 3 rings (SSSR count). The van der Waals surface area contributed by atoms with E-state index in [0.29, 0.717) is 28.8 Å². The van der Waals surface area contributed by atoms with Crippen molar-refractivity contribution >= 4 is 23.4 Å². The first-order chi connectivity index (χ1) is 13.2. The molecule has 0 amide bonds. The van der Waals surface area contributed by atoms with Crippen molar-refractivity contribution in [2.75, 3.05) is 7.11 Å². The summed E-state index contributed by atoms with van der Waals surface area (Å²) in [5.41, 5.74) is 2.98. The lowest BCUT2D eigenvalue weighted by Crippen LogP contribution is -2.35. The van der Waals surface area contributed by atoms with Crippen molar-refractivity contribution in [3.8, 4) is 11.5 Å². The third-order valence-electron chi connectivity index (χ3n) is 4.94. The summed E-state index contributed by atoms with van der Waals surface area (Å²) >= 11 is 6.20. The first-order valence-corrected chi connectivity index (χ1v) is 9.63. The number of hydrogen-bond donors (Lipinski definition) is 2. The number of allylic oxidation sites excluding steroid dienone is 3. The summed E-state index contributed by atoms with van der Waals surface area (Å²) in [6.45, 7) is 5.35. The summed E-state index contributed by atoms with van der Waals surface area (Å²) in [6, 6.07) is 3.18. The van der Waals surface area contributed by atoms with Gasteiger partial charge in [-0.1, -0.05) is 11.6 Å². The molecule has 2 N–H and O–H groups in total. The van der Waals surface area contributed by atoms with E-state index in [9.17, 15) is 14.7 Å². The van der Waals surface area contributed by atoms with E-state index in [1.807, 2.05) is 0 Å². The number of benzene rings is 1. The standard InChI is InChI=1S/C21H24ClNO5/c1-10(2)28-21(26)17-11(3)23-14-6-5-7-15(24)19(14)18(17)12-8-13(22)20(25)16(9-12)27-4/h8-10,18,23,25H,5-7H2,1-4H3/t18-/m0/s1. The van der Waals surface area contributed by atoms with Gasteiger partial charge in [-0.2, -0.15) is 0 Å². The lowest BCUT2D eigenvalue weighted by atomic mass is 9.75. The number of dihydropyridines is 1. The molecule has 0 fully saturated rings. The first-order valence-electron chi connectivity index (χ1n) is 9.26. The molecule has 2 aliphatic rings. The zero-order chi connectivity index (χ0) is 20.6. The Hall–Kier alpha value is -2.47. The van der Waals surface area contributed by atoms with E-state index in [-0.39, 0.29) is 28.4 Å². The number of Topliss-reactive ketones (excluding diaryl/α,β-unsaturated/α-hetero) is 1. The van der Waals surface area contributed by atoms with E-state index in [2.05, 4.69) is 5.32 Å². The Labute approximate surface area is 169 Å². The number of rotatable bonds is 4. The maximum atomic E-state index is 12.9. The molecule has 0 spiro atoms. The first kappa shape index (κ1) is 20.3. The predicted molar refractivity (Wildman–Crippen MR) is 105 cm³/mol. The minimum atomic E-state index is -0.637. The monoisotopic (exact) mass is 405 g/mol. The fourth-order valence-electron chi connectivity index (χ4n) is 3.78. The van der Waals surface area contributed by atoms with Crippen molar-refractivity contribution in [2.45, 2.75) is 52.1 Å². The molecule has 0 saturated carbocycles. The Morgan fingerprint density at radius 2 is 2.04 bits per heavy atom. The van der Waals surface area contributed by atoms with Crippen molar-refractivity contribution in [1.29, 1.82) is 0 Å². The molecule has 6 nitrogen and oxygen atoms in total. The van der Waals surface area contributed by atoms with Crippen LogP contribution >= 0.6 is 11.6 Å². The van der Waals surface area contributed by atoms with Gasteiger partial charge in [0.1, 0.15) is 0 Å². The zero-order valence-corrected chi connectivity index (χ0v) is 17.1. The van der Waals surface area contributed by atoms with Gasteiger partial charge in [-0.15, -0.1) is 0 Å². The van der Waals surface area contributed by atoms with Gasteiger partial charge in [0.25, 0.3) is 0 Å². The summed E-state index contributed by atoms with van der Waals surface area (Å²) in [7, 11) is 1.42. The lowest BCUT2D eigenvalue weighted by molar-refractivity contribution is -0.143. The molecule has 150 valence electrons. The second-order valence-electron chi connectivity index (χ2n) is 7.27. The number of aromatic hydroxyl groups is 1. The number of ketones is 1. The Morgan fingerprint density at radius 1 is 1.32 bits per heavy atom. The zero-order valence-electron chi connectivity index (χ0n) is 16.4. The normalized spacial score (nSPS) is 19.5. The quantitative estimate of drug-likeness (QED) is 0.737. The van der Waals surface area contributed by atoms with Crippen molar-refractivity contribution < 1.29 is 24.2 Å². The number of esters is 1. The fourth-order valence-corrected chi connectivity index (χ4v) is 4.00. The molecule has 1 atom stereocenters. The molecule has 1 aromatic carbocycles. The number of ether oxygens (including phenoxy) is 2. The molecule has 1 aliphatic carbocycles. The van der Waals surface area contributed by atoms with Crippen LogP contribution < -0.4 is 10.1 Å². The van der Waals surface area contributed by atoms with E-state index in [4.69, 9.17) is 21.1 Å². The summed E-state index contributed by atoms with van der Waals surface area (Å²) in [6.07, 6.45) is 1.61. The molecule has 0 radical (unpaired) electrons. The number of hydrogen-bond acceptors (Lipinski definition) is 6. The summed E-state index contributed by atoms with van der Waals surface area (Å²) in [4.78, 5) is 25.8. The molecule has 0 bridgehead atoms. The van der Waals surface area contributed by atoms with Crippen LogP contribution in [0.1, 0.15) is 51.5 Å². The van der Waals surface area contributed by atoms with Gasteiger partial charge in [-0.3, -0.25) is 4.79 Å². The topological polar surface area (TPSA) is 84.9 Å². The van der Waals surface area contributed by atoms with E-state index in [1.165, 1.54) is 7.11 Å². The van der Waals surface area contributed by atoms with Crippen LogP contribution in [-0.4, -0.2) is 30.1 Å². The molecule has 1 aliphatic heterocycles. The molecular weight excluding hydrogens is 382 g/mol. The van der Waals surface area contributed by atoms with Crippen molar-refractivity contribution in [3.63, 3.8) is 0 Å². The van der Waals surface area contributed by atoms with Gasteiger partial charge in [-0.05, 0) is 51.3 Å².